The van der Waals surface area contributed by atoms with Crippen LogP contribution in [0.4, 0.5) is 0 Å². The summed E-state index contributed by atoms with van der Waals surface area (Å²) in [6, 6.07) is 11.2. The first-order valence-corrected chi connectivity index (χ1v) is 6.87. The molecule has 0 aliphatic carbocycles. The molecule has 4 nitrogen and oxygen atoms in total. The Kier molecular flexibility index (Phi) is 3.51. The molecule has 0 amide bonds. The number of nitrogens with zero attached hydrogens (tertiary/aromatic N) is 2. The smallest absolute Gasteiger partial charge is 0.313 e. The molecular formula is C15H19N3O. The van der Waals surface area contributed by atoms with Crippen LogP contribution in [0.2, 0.25) is 0 Å². The van der Waals surface area contributed by atoms with E-state index in [0.29, 0.717) is 6.04 Å². The molecule has 1 aliphatic heterocycles. The largest absolute Gasteiger partial charge is 0.325 e. The number of rotatable bonds is 4. The van der Waals surface area contributed by atoms with E-state index in [0.717, 1.165) is 19.6 Å². The summed E-state index contributed by atoms with van der Waals surface area (Å²) in [6.07, 6.45) is 5.96. The lowest BCUT2D eigenvalue weighted by Crippen LogP contribution is -2.29. The molecule has 1 atom stereocenters. The molecule has 1 unspecified atom stereocenters. The number of aromatic amines is 1. The van der Waals surface area contributed by atoms with Crippen LogP contribution < -0.4 is 5.69 Å². The molecule has 1 aliphatic rings. The van der Waals surface area contributed by atoms with Crippen LogP contribution in [0.1, 0.15) is 24.4 Å². The van der Waals surface area contributed by atoms with Gasteiger partial charge < -0.3 is 4.98 Å². The number of aromatic nitrogens is 2. The topological polar surface area (TPSA) is 41.0 Å². The zero-order valence-corrected chi connectivity index (χ0v) is 11.0. The molecule has 1 fully saturated rings. The van der Waals surface area contributed by atoms with E-state index in [2.05, 4.69) is 40.2 Å². The van der Waals surface area contributed by atoms with Gasteiger partial charge in [-0.25, -0.2) is 4.79 Å². The SMILES string of the molecule is O=c1[nH]ccn1CCN1CCCC1c1ccccc1. The van der Waals surface area contributed by atoms with E-state index in [1.54, 1.807) is 10.8 Å². The predicted octanol–water partition coefficient (Wildman–Crippen LogP) is 2.01. The Bertz CT molecular complexity index is 572. The minimum absolute atomic E-state index is 0.0181. The van der Waals surface area contributed by atoms with Crippen molar-refractivity contribution in [1.82, 2.24) is 14.5 Å². The van der Waals surface area contributed by atoms with Crippen molar-refractivity contribution in [2.75, 3.05) is 13.1 Å². The number of likely N-dealkylation sites (tertiary alicyclic amines) is 1. The molecule has 19 heavy (non-hydrogen) atoms. The number of nitrogens with one attached hydrogen (secondary N) is 1. The lowest BCUT2D eigenvalue weighted by Gasteiger charge is -2.24. The molecule has 1 aromatic heterocycles. The molecule has 0 radical (unpaired) electrons. The maximum Gasteiger partial charge on any atom is 0.325 e. The van der Waals surface area contributed by atoms with Gasteiger partial charge in [-0.05, 0) is 24.9 Å². The third-order valence-electron chi connectivity index (χ3n) is 3.90. The van der Waals surface area contributed by atoms with Crippen LogP contribution in [-0.2, 0) is 6.54 Å². The molecule has 4 heteroatoms. The van der Waals surface area contributed by atoms with E-state index in [9.17, 15) is 4.79 Å². The first-order chi connectivity index (χ1) is 9.34. The summed E-state index contributed by atoms with van der Waals surface area (Å²) < 4.78 is 1.74. The van der Waals surface area contributed by atoms with Gasteiger partial charge in [-0.3, -0.25) is 9.47 Å². The molecule has 3 rings (SSSR count). The summed E-state index contributed by atoms with van der Waals surface area (Å²) in [4.78, 5) is 16.6. The maximum atomic E-state index is 11.5. The second kappa shape index (κ2) is 5.45. The van der Waals surface area contributed by atoms with E-state index in [1.165, 1.54) is 18.4 Å². The summed E-state index contributed by atoms with van der Waals surface area (Å²) in [5.41, 5.74) is 1.37. The van der Waals surface area contributed by atoms with Crippen LogP contribution in [-0.4, -0.2) is 27.5 Å². The summed E-state index contributed by atoms with van der Waals surface area (Å²) in [5.74, 6) is 0. The summed E-state index contributed by atoms with van der Waals surface area (Å²) >= 11 is 0. The van der Waals surface area contributed by atoms with Gasteiger partial charge in [-0.2, -0.15) is 0 Å². The van der Waals surface area contributed by atoms with Crippen LogP contribution in [0.3, 0.4) is 0 Å². The van der Waals surface area contributed by atoms with E-state index in [1.807, 2.05) is 6.20 Å². The van der Waals surface area contributed by atoms with Crippen molar-refractivity contribution in [3.8, 4) is 0 Å². The molecule has 100 valence electrons. The molecule has 0 spiro atoms. The fourth-order valence-corrected chi connectivity index (χ4v) is 2.91. The van der Waals surface area contributed by atoms with Gasteiger partial charge in [0.2, 0.25) is 0 Å². The summed E-state index contributed by atoms with van der Waals surface area (Å²) in [7, 11) is 0. The van der Waals surface area contributed by atoms with E-state index < -0.39 is 0 Å². The lowest BCUT2D eigenvalue weighted by molar-refractivity contribution is 0.246. The van der Waals surface area contributed by atoms with Crippen molar-refractivity contribution in [1.29, 1.82) is 0 Å². The zero-order chi connectivity index (χ0) is 13.1. The van der Waals surface area contributed by atoms with Gasteiger partial charge in [-0.1, -0.05) is 30.3 Å². The van der Waals surface area contributed by atoms with Crippen LogP contribution in [0.5, 0.6) is 0 Å². The second-order valence-corrected chi connectivity index (χ2v) is 5.06. The Hall–Kier alpha value is -1.81. The molecule has 0 bridgehead atoms. The van der Waals surface area contributed by atoms with E-state index in [-0.39, 0.29) is 5.69 Å². The first kappa shape index (κ1) is 12.2. The molecule has 1 aromatic carbocycles. The fraction of sp³-hybridized carbons (Fsp3) is 0.400. The van der Waals surface area contributed by atoms with Crippen molar-refractivity contribution < 1.29 is 0 Å². The van der Waals surface area contributed by atoms with Gasteiger partial charge in [0.15, 0.2) is 0 Å². The highest BCUT2D eigenvalue weighted by molar-refractivity contribution is 5.19. The highest BCUT2D eigenvalue weighted by Crippen LogP contribution is 2.31. The number of hydrogen-bond donors (Lipinski definition) is 1. The van der Waals surface area contributed by atoms with Crippen molar-refractivity contribution in [3.63, 3.8) is 0 Å². The van der Waals surface area contributed by atoms with Gasteiger partial charge in [0.25, 0.3) is 0 Å². The standard InChI is InChI=1S/C15H19N3O/c19-15-16-8-10-18(15)12-11-17-9-4-7-14(17)13-5-2-1-3-6-13/h1-3,5-6,8,10,14H,4,7,9,11-12H2,(H,16,19). The Morgan fingerprint density at radius 2 is 2.05 bits per heavy atom. The minimum atomic E-state index is -0.0181. The van der Waals surface area contributed by atoms with Gasteiger partial charge in [0.05, 0.1) is 0 Å². The normalized spacial score (nSPS) is 19.9. The van der Waals surface area contributed by atoms with Crippen molar-refractivity contribution in [3.05, 3.63) is 58.8 Å². The highest BCUT2D eigenvalue weighted by atomic mass is 16.1. The lowest BCUT2D eigenvalue weighted by atomic mass is 10.0. The highest BCUT2D eigenvalue weighted by Gasteiger charge is 2.25. The Balaban J connectivity index is 1.67. The molecule has 2 heterocycles. The molecule has 0 saturated carbocycles. The number of imidazole rings is 1. The molecule has 2 aromatic rings. The van der Waals surface area contributed by atoms with Crippen LogP contribution in [0, 0.1) is 0 Å². The number of H-pyrrole nitrogens is 1. The van der Waals surface area contributed by atoms with Crippen LogP contribution in [0.15, 0.2) is 47.5 Å². The average molecular weight is 257 g/mol. The average Bonchev–Trinajstić information content (AvgIpc) is 3.06. The number of hydrogen-bond acceptors (Lipinski definition) is 2. The third-order valence-corrected chi connectivity index (χ3v) is 3.90. The predicted molar refractivity (Wildman–Crippen MR) is 75.0 cm³/mol. The summed E-state index contributed by atoms with van der Waals surface area (Å²) in [5, 5.41) is 0. The van der Waals surface area contributed by atoms with Crippen LogP contribution in [0.25, 0.3) is 0 Å². The maximum absolute atomic E-state index is 11.5. The monoisotopic (exact) mass is 257 g/mol. The van der Waals surface area contributed by atoms with E-state index >= 15 is 0 Å². The van der Waals surface area contributed by atoms with Gasteiger partial charge in [0, 0.05) is 31.5 Å². The first-order valence-electron chi connectivity index (χ1n) is 6.87. The van der Waals surface area contributed by atoms with Gasteiger partial charge >= 0.3 is 5.69 Å². The number of benzene rings is 1. The molecule has 1 N–H and O–H groups in total. The quantitative estimate of drug-likeness (QED) is 0.910. The minimum Gasteiger partial charge on any atom is -0.313 e. The molecular weight excluding hydrogens is 238 g/mol. The molecule has 1 saturated heterocycles. The summed E-state index contributed by atoms with van der Waals surface area (Å²) in [6.45, 7) is 2.81. The fourth-order valence-electron chi connectivity index (χ4n) is 2.91. The van der Waals surface area contributed by atoms with Gasteiger partial charge in [0.1, 0.15) is 0 Å². The Morgan fingerprint density at radius 1 is 1.21 bits per heavy atom. The van der Waals surface area contributed by atoms with Crippen LogP contribution >= 0.6 is 0 Å². The van der Waals surface area contributed by atoms with Gasteiger partial charge in [-0.15, -0.1) is 0 Å². The zero-order valence-electron chi connectivity index (χ0n) is 11.0. The van der Waals surface area contributed by atoms with E-state index in [4.69, 9.17) is 0 Å². The Morgan fingerprint density at radius 3 is 2.79 bits per heavy atom. The van der Waals surface area contributed by atoms with Crippen molar-refractivity contribution in [2.24, 2.45) is 0 Å². The second-order valence-electron chi connectivity index (χ2n) is 5.06. The third kappa shape index (κ3) is 2.63. The van der Waals surface area contributed by atoms with Crippen molar-refractivity contribution in [2.45, 2.75) is 25.4 Å². The Labute approximate surface area is 112 Å². The van der Waals surface area contributed by atoms with Crippen molar-refractivity contribution >= 4 is 0 Å².